The molecule has 0 fully saturated rings. The molecule has 0 atom stereocenters. The van der Waals surface area contributed by atoms with Crippen LogP contribution >= 0.6 is 0 Å². The fourth-order valence-electron chi connectivity index (χ4n) is 4.54. The summed E-state index contributed by atoms with van der Waals surface area (Å²) in [6, 6.07) is 29.1. The molecule has 4 heteroatoms. The normalized spacial score (nSPS) is 11.8. The number of pyridine rings is 4. The van der Waals surface area contributed by atoms with Gasteiger partial charge in [-0.3, -0.25) is 9.97 Å². The molecule has 0 amide bonds. The fraction of sp³-hybridized carbons (Fsp3) is 0. The van der Waals surface area contributed by atoms with Gasteiger partial charge < -0.3 is 0 Å². The third-order valence-corrected chi connectivity index (χ3v) is 6.09. The van der Waals surface area contributed by atoms with Crippen molar-refractivity contribution in [2.75, 3.05) is 0 Å². The van der Waals surface area contributed by atoms with Crippen LogP contribution < -0.4 is 0 Å². The molecule has 0 N–H and O–H groups in total. The molecule has 4 heterocycles. The highest BCUT2D eigenvalue weighted by Gasteiger charge is 2.12. The molecule has 4 nitrogen and oxygen atoms in total. The molecule has 0 unspecified atom stereocenters. The molecule has 0 saturated heterocycles. The molecular weight excluding hydrogens is 392 g/mol. The number of para-hydroxylation sites is 1. The lowest BCUT2D eigenvalue weighted by Gasteiger charge is -2.10. The highest BCUT2D eigenvalue weighted by molar-refractivity contribution is 6.09. The van der Waals surface area contributed by atoms with E-state index in [-0.39, 0.29) is 0 Å². The van der Waals surface area contributed by atoms with E-state index in [4.69, 9.17) is 9.97 Å². The Morgan fingerprint density at radius 3 is 1.72 bits per heavy atom. The van der Waals surface area contributed by atoms with Crippen molar-refractivity contribution in [1.82, 2.24) is 19.9 Å². The van der Waals surface area contributed by atoms with Gasteiger partial charge in [-0.1, -0.05) is 60.7 Å². The zero-order valence-electron chi connectivity index (χ0n) is 17.0. The minimum atomic E-state index is 0.890. The summed E-state index contributed by atoms with van der Waals surface area (Å²) in [4.78, 5) is 19.4. The highest BCUT2D eigenvalue weighted by atomic mass is 14.8. The zero-order valence-corrected chi connectivity index (χ0v) is 17.0. The molecule has 0 spiro atoms. The van der Waals surface area contributed by atoms with Crippen molar-refractivity contribution >= 4 is 54.5 Å². The SMILES string of the molecule is c1cc(-c2ccc3ccc4cccnc4c3n2)c2nc3c(ccc4cccnc43)cc2c1. The van der Waals surface area contributed by atoms with Gasteiger partial charge in [0.05, 0.1) is 33.3 Å². The molecular formula is C28H16N4. The van der Waals surface area contributed by atoms with E-state index in [2.05, 4.69) is 82.8 Å². The van der Waals surface area contributed by atoms with Crippen molar-refractivity contribution in [3.8, 4) is 11.3 Å². The van der Waals surface area contributed by atoms with Gasteiger partial charge in [-0.05, 0) is 24.3 Å². The lowest BCUT2D eigenvalue weighted by molar-refractivity contribution is 1.36. The minimum absolute atomic E-state index is 0.890. The molecule has 148 valence electrons. The largest absolute Gasteiger partial charge is 0.254 e. The summed E-state index contributed by atoms with van der Waals surface area (Å²) >= 11 is 0. The number of benzene rings is 3. The van der Waals surface area contributed by atoms with Crippen LogP contribution in [0.3, 0.4) is 0 Å². The first-order valence-corrected chi connectivity index (χ1v) is 10.6. The van der Waals surface area contributed by atoms with Gasteiger partial charge in [0.15, 0.2) is 0 Å². The standard InChI is InChI=1S/C28H16N4/c1-4-20-16-21-11-10-18-6-3-15-30-26(18)28(21)32-24(20)22(7-1)23-13-12-19-9-8-17-5-2-14-29-25(17)27(19)31-23/h1-16H. The Morgan fingerprint density at radius 1 is 0.406 bits per heavy atom. The third-order valence-electron chi connectivity index (χ3n) is 6.09. The van der Waals surface area contributed by atoms with Gasteiger partial charge in [0, 0.05) is 44.9 Å². The van der Waals surface area contributed by atoms with Crippen molar-refractivity contribution in [2.24, 2.45) is 0 Å². The molecule has 0 aliphatic carbocycles. The monoisotopic (exact) mass is 408 g/mol. The molecule has 0 aliphatic rings. The first-order valence-electron chi connectivity index (χ1n) is 10.6. The van der Waals surface area contributed by atoms with Gasteiger partial charge >= 0.3 is 0 Å². The molecule has 4 aromatic heterocycles. The zero-order chi connectivity index (χ0) is 21.1. The van der Waals surface area contributed by atoms with E-state index in [1.807, 2.05) is 24.5 Å². The molecule has 0 radical (unpaired) electrons. The van der Waals surface area contributed by atoms with Crippen LogP contribution in [0.15, 0.2) is 97.3 Å². The number of aromatic nitrogens is 4. The van der Waals surface area contributed by atoms with E-state index < -0.39 is 0 Å². The molecule has 0 bridgehead atoms. The summed E-state index contributed by atoms with van der Waals surface area (Å²) in [5.41, 5.74) is 6.48. The Balaban J connectivity index is 1.55. The summed E-state index contributed by atoms with van der Waals surface area (Å²) in [6.07, 6.45) is 3.64. The van der Waals surface area contributed by atoms with Crippen LogP contribution in [0.1, 0.15) is 0 Å². The van der Waals surface area contributed by atoms with Crippen LogP contribution in [0.4, 0.5) is 0 Å². The van der Waals surface area contributed by atoms with Crippen LogP contribution in [-0.4, -0.2) is 19.9 Å². The van der Waals surface area contributed by atoms with E-state index in [1.165, 1.54) is 0 Å². The maximum atomic E-state index is 5.11. The molecule has 7 aromatic rings. The average molecular weight is 408 g/mol. The van der Waals surface area contributed by atoms with Crippen LogP contribution in [0.25, 0.3) is 65.8 Å². The quantitative estimate of drug-likeness (QED) is 0.224. The van der Waals surface area contributed by atoms with Gasteiger partial charge in [0.25, 0.3) is 0 Å². The summed E-state index contributed by atoms with van der Waals surface area (Å²) < 4.78 is 0. The number of hydrogen-bond donors (Lipinski definition) is 0. The summed E-state index contributed by atoms with van der Waals surface area (Å²) in [6.45, 7) is 0. The minimum Gasteiger partial charge on any atom is -0.254 e. The Bertz CT molecular complexity index is 1840. The van der Waals surface area contributed by atoms with E-state index in [0.29, 0.717) is 0 Å². The number of rotatable bonds is 1. The second-order valence-corrected chi connectivity index (χ2v) is 7.99. The predicted octanol–water partition coefficient (Wildman–Crippen LogP) is 6.70. The maximum Gasteiger partial charge on any atom is 0.0972 e. The van der Waals surface area contributed by atoms with Gasteiger partial charge in [-0.25, -0.2) is 9.97 Å². The van der Waals surface area contributed by atoms with Gasteiger partial charge in [-0.2, -0.15) is 0 Å². The molecule has 0 aliphatic heterocycles. The van der Waals surface area contributed by atoms with E-state index in [0.717, 1.165) is 65.8 Å². The van der Waals surface area contributed by atoms with Gasteiger partial charge in [0.2, 0.25) is 0 Å². The highest BCUT2D eigenvalue weighted by Crippen LogP contribution is 2.32. The maximum absolute atomic E-state index is 5.11. The third kappa shape index (κ3) is 2.50. The van der Waals surface area contributed by atoms with Crippen molar-refractivity contribution in [3.63, 3.8) is 0 Å². The van der Waals surface area contributed by atoms with E-state index in [1.54, 1.807) is 0 Å². The molecule has 0 saturated carbocycles. The van der Waals surface area contributed by atoms with Gasteiger partial charge in [-0.15, -0.1) is 0 Å². The van der Waals surface area contributed by atoms with E-state index in [9.17, 15) is 0 Å². The van der Waals surface area contributed by atoms with E-state index >= 15 is 0 Å². The summed E-state index contributed by atoms with van der Waals surface area (Å²) in [5.74, 6) is 0. The van der Waals surface area contributed by atoms with Gasteiger partial charge in [0.1, 0.15) is 0 Å². The molecule has 7 rings (SSSR count). The summed E-state index contributed by atoms with van der Waals surface area (Å²) in [7, 11) is 0. The predicted molar refractivity (Wildman–Crippen MR) is 131 cm³/mol. The fourth-order valence-corrected chi connectivity index (χ4v) is 4.54. The summed E-state index contributed by atoms with van der Waals surface area (Å²) in [5, 5.41) is 5.43. The lowest BCUT2D eigenvalue weighted by Crippen LogP contribution is -1.92. The molecule has 3 aromatic carbocycles. The number of hydrogen-bond acceptors (Lipinski definition) is 4. The number of fused-ring (bicyclic) bond motifs is 7. The van der Waals surface area contributed by atoms with Crippen molar-refractivity contribution in [1.29, 1.82) is 0 Å². The van der Waals surface area contributed by atoms with Crippen LogP contribution in [0.5, 0.6) is 0 Å². The lowest BCUT2D eigenvalue weighted by atomic mass is 10.0. The molecule has 32 heavy (non-hydrogen) atoms. The van der Waals surface area contributed by atoms with Crippen LogP contribution in [-0.2, 0) is 0 Å². The van der Waals surface area contributed by atoms with Crippen molar-refractivity contribution < 1.29 is 0 Å². The van der Waals surface area contributed by atoms with Crippen molar-refractivity contribution in [3.05, 3.63) is 97.3 Å². The van der Waals surface area contributed by atoms with Crippen LogP contribution in [0.2, 0.25) is 0 Å². The van der Waals surface area contributed by atoms with Crippen molar-refractivity contribution in [2.45, 2.75) is 0 Å². The average Bonchev–Trinajstić information content (AvgIpc) is 2.86. The number of nitrogens with zero attached hydrogens (tertiary/aromatic N) is 4. The Morgan fingerprint density at radius 2 is 0.969 bits per heavy atom. The topological polar surface area (TPSA) is 51.6 Å². The Kier molecular flexibility index (Phi) is 3.52. The second kappa shape index (κ2) is 6.53. The Hall–Kier alpha value is -4.44. The second-order valence-electron chi connectivity index (χ2n) is 7.99. The smallest absolute Gasteiger partial charge is 0.0972 e. The van der Waals surface area contributed by atoms with Crippen LogP contribution in [0, 0.1) is 0 Å². The first-order chi connectivity index (χ1) is 15.8. The Labute approximate surface area is 183 Å². The first kappa shape index (κ1) is 17.3.